The van der Waals surface area contributed by atoms with Gasteiger partial charge in [-0.15, -0.1) is 0 Å². The van der Waals surface area contributed by atoms with Crippen molar-refractivity contribution < 1.29 is 24.2 Å². The second-order valence-electron chi connectivity index (χ2n) is 9.90. The summed E-state index contributed by atoms with van der Waals surface area (Å²) in [5, 5.41) is 15.1. The number of hydrogen-bond acceptors (Lipinski definition) is 4. The quantitative estimate of drug-likeness (QED) is 0.503. The highest BCUT2D eigenvalue weighted by molar-refractivity contribution is 5.90. The predicted octanol–water partition coefficient (Wildman–Crippen LogP) is 4.84. The third-order valence-electron chi connectivity index (χ3n) is 7.33. The molecule has 7 nitrogen and oxygen atoms in total. The number of alkyl carbamates (subject to hydrolysis) is 1. The van der Waals surface area contributed by atoms with Gasteiger partial charge in [-0.25, -0.2) is 4.79 Å². The van der Waals surface area contributed by atoms with Crippen molar-refractivity contribution in [1.82, 2.24) is 10.6 Å². The zero-order valence-electron chi connectivity index (χ0n) is 20.4. The summed E-state index contributed by atoms with van der Waals surface area (Å²) in [7, 11) is 0. The molecule has 0 saturated heterocycles. The highest BCUT2D eigenvalue weighted by atomic mass is 16.5. The van der Waals surface area contributed by atoms with E-state index >= 15 is 0 Å². The molecular weight excluding hydrogens is 444 g/mol. The number of fused-ring (bicyclic) bond motifs is 3. The van der Waals surface area contributed by atoms with Crippen molar-refractivity contribution in [1.29, 1.82) is 0 Å². The van der Waals surface area contributed by atoms with Gasteiger partial charge in [0.2, 0.25) is 5.91 Å². The van der Waals surface area contributed by atoms with Crippen LogP contribution in [0, 0.1) is 5.92 Å². The molecule has 35 heavy (non-hydrogen) atoms. The fraction of sp³-hybridized carbons (Fsp3) is 0.464. The van der Waals surface area contributed by atoms with E-state index in [9.17, 15) is 19.5 Å². The highest BCUT2D eigenvalue weighted by Crippen LogP contribution is 2.44. The number of benzene rings is 2. The number of rotatable bonds is 8. The van der Waals surface area contributed by atoms with Crippen LogP contribution >= 0.6 is 0 Å². The average Bonchev–Trinajstić information content (AvgIpc) is 3.16. The van der Waals surface area contributed by atoms with Crippen LogP contribution in [0.25, 0.3) is 11.1 Å². The molecule has 0 spiro atoms. The van der Waals surface area contributed by atoms with Crippen LogP contribution in [-0.2, 0) is 14.3 Å². The van der Waals surface area contributed by atoms with Gasteiger partial charge in [-0.3, -0.25) is 9.59 Å². The van der Waals surface area contributed by atoms with E-state index in [2.05, 4.69) is 34.9 Å². The normalized spacial score (nSPS) is 20.7. The number of nitrogens with one attached hydrogen (secondary N) is 2. The number of carboxylic acids is 1. The third kappa shape index (κ3) is 5.34. The van der Waals surface area contributed by atoms with Crippen LogP contribution in [0.4, 0.5) is 4.79 Å². The fourth-order valence-corrected chi connectivity index (χ4v) is 5.48. The molecule has 0 heterocycles. The summed E-state index contributed by atoms with van der Waals surface area (Å²) in [5.74, 6) is -1.63. The van der Waals surface area contributed by atoms with Crippen molar-refractivity contribution >= 4 is 18.0 Å². The minimum absolute atomic E-state index is 0.0606. The number of carbonyl (C=O) groups is 3. The van der Waals surface area contributed by atoms with Crippen molar-refractivity contribution in [2.75, 3.05) is 6.61 Å². The van der Waals surface area contributed by atoms with Gasteiger partial charge in [0, 0.05) is 12.0 Å². The molecule has 3 N–H and O–H groups in total. The SMILES string of the molecule is CCCC(C)(NC(=O)OCC1c2ccccc2-c2ccccc21)C(=O)NC1CCCC(C(=O)O)C1. The van der Waals surface area contributed by atoms with Crippen LogP contribution in [0.2, 0.25) is 0 Å². The van der Waals surface area contributed by atoms with E-state index in [-0.39, 0.29) is 24.5 Å². The maximum absolute atomic E-state index is 13.2. The van der Waals surface area contributed by atoms with Gasteiger partial charge in [0.15, 0.2) is 0 Å². The first-order valence-corrected chi connectivity index (χ1v) is 12.5. The van der Waals surface area contributed by atoms with Gasteiger partial charge in [-0.2, -0.15) is 0 Å². The number of amides is 2. The second kappa shape index (κ2) is 10.5. The molecule has 0 aromatic heterocycles. The Balaban J connectivity index is 1.40. The standard InChI is InChI=1S/C28H34N2O5/c1-3-15-28(2,26(33)29-19-10-8-9-18(16-19)25(31)32)30-27(34)35-17-24-22-13-6-4-11-20(22)21-12-5-7-14-23(21)24/h4-7,11-14,18-19,24H,3,8-10,15-17H2,1-2H3,(H,29,33)(H,30,34)(H,31,32). The average molecular weight is 479 g/mol. The van der Waals surface area contributed by atoms with Gasteiger partial charge in [0.05, 0.1) is 5.92 Å². The summed E-state index contributed by atoms with van der Waals surface area (Å²) in [4.78, 5) is 37.4. The Hall–Kier alpha value is -3.35. The molecule has 3 atom stereocenters. The first-order chi connectivity index (χ1) is 16.8. The lowest BCUT2D eigenvalue weighted by molar-refractivity contribution is -0.143. The summed E-state index contributed by atoms with van der Waals surface area (Å²) in [6, 6.07) is 16.1. The van der Waals surface area contributed by atoms with E-state index < -0.39 is 23.5 Å². The second-order valence-corrected chi connectivity index (χ2v) is 9.90. The lowest BCUT2D eigenvalue weighted by atomic mass is 9.85. The van der Waals surface area contributed by atoms with E-state index in [1.807, 2.05) is 31.2 Å². The molecule has 0 bridgehead atoms. The maximum atomic E-state index is 13.2. The van der Waals surface area contributed by atoms with E-state index in [1.54, 1.807) is 6.92 Å². The summed E-state index contributed by atoms with van der Waals surface area (Å²) in [6.45, 7) is 3.82. The molecular formula is C28H34N2O5. The number of aliphatic carboxylic acids is 1. The Morgan fingerprint density at radius 2 is 1.66 bits per heavy atom. The lowest BCUT2D eigenvalue weighted by Gasteiger charge is -2.33. The van der Waals surface area contributed by atoms with Crippen molar-refractivity contribution in [2.24, 2.45) is 5.92 Å². The maximum Gasteiger partial charge on any atom is 0.408 e. The number of ether oxygens (including phenoxy) is 1. The Labute approximate surface area is 206 Å². The zero-order valence-corrected chi connectivity index (χ0v) is 20.4. The topological polar surface area (TPSA) is 105 Å². The van der Waals surface area contributed by atoms with Crippen LogP contribution in [0.3, 0.4) is 0 Å². The molecule has 2 amide bonds. The smallest absolute Gasteiger partial charge is 0.408 e. The summed E-state index contributed by atoms with van der Waals surface area (Å²) >= 11 is 0. The van der Waals surface area contributed by atoms with Gasteiger partial charge < -0.3 is 20.5 Å². The lowest BCUT2D eigenvalue weighted by Crippen LogP contribution is -2.59. The van der Waals surface area contributed by atoms with Crippen molar-refractivity contribution in [3.63, 3.8) is 0 Å². The van der Waals surface area contributed by atoms with Crippen LogP contribution in [0.5, 0.6) is 0 Å². The molecule has 0 radical (unpaired) electrons. The molecule has 0 aliphatic heterocycles. The van der Waals surface area contributed by atoms with Crippen LogP contribution in [0.1, 0.15) is 69.4 Å². The Morgan fingerprint density at radius 1 is 1.03 bits per heavy atom. The number of hydrogen-bond donors (Lipinski definition) is 3. The number of carbonyl (C=O) groups excluding carboxylic acids is 2. The molecule has 4 rings (SSSR count). The van der Waals surface area contributed by atoms with E-state index in [4.69, 9.17) is 4.74 Å². The van der Waals surface area contributed by atoms with Crippen LogP contribution in [-0.4, -0.2) is 41.3 Å². The molecule has 2 aliphatic carbocycles. The molecule has 7 heteroatoms. The van der Waals surface area contributed by atoms with E-state index in [1.165, 1.54) is 0 Å². The molecule has 2 aromatic rings. The Kier molecular flexibility index (Phi) is 7.43. The molecule has 186 valence electrons. The van der Waals surface area contributed by atoms with Crippen molar-refractivity contribution in [3.8, 4) is 11.1 Å². The molecule has 2 aromatic carbocycles. The monoisotopic (exact) mass is 478 g/mol. The molecule has 1 fully saturated rings. The molecule has 3 unspecified atom stereocenters. The van der Waals surface area contributed by atoms with Gasteiger partial charge in [-0.05, 0) is 54.9 Å². The molecule has 2 aliphatic rings. The summed E-state index contributed by atoms with van der Waals surface area (Å²) in [6.07, 6.45) is 3.04. The summed E-state index contributed by atoms with van der Waals surface area (Å²) < 4.78 is 5.66. The first-order valence-electron chi connectivity index (χ1n) is 12.5. The fourth-order valence-electron chi connectivity index (χ4n) is 5.48. The van der Waals surface area contributed by atoms with Crippen molar-refractivity contribution in [3.05, 3.63) is 59.7 Å². The van der Waals surface area contributed by atoms with E-state index in [0.29, 0.717) is 25.7 Å². The third-order valence-corrected chi connectivity index (χ3v) is 7.33. The highest BCUT2D eigenvalue weighted by Gasteiger charge is 2.38. The minimum Gasteiger partial charge on any atom is -0.481 e. The number of carboxylic acid groups (broad SMARTS) is 1. The Morgan fingerprint density at radius 3 is 2.26 bits per heavy atom. The predicted molar refractivity (Wildman–Crippen MR) is 133 cm³/mol. The minimum atomic E-state index is -1.15. The van der Waals surface area contributed by atoms with Crippen LogP contribution < -0.4 is 10.6 Å². The van der Waals surface area contributed by atoms with Crippen molar-refractivity contribution in [2.45, 2.75) is 69.9 Å². The largest absolute Gasteiger partial charge is 0.481 e. The van der Waals surface area contributed by atoms with Gasteiger partial charge >= 0.3 is 12.1 Å². The Bertz CT molecular complexity index is 1050. The van der Waals surface area contributed by atoms with Gasteiger partial charge in [0.25, 0.3) is 0 Å². The molecule has 1 saturated carbocycles. The van der Waals surface area contributed by atoms with E-state index in [0.717, 1.165) is 35.1 Å². The van der Waals surface area contributed by atoms with Crippen LogP contribution in [0.15, 0.2) is 48.5 Å². The van der Waals surface area contributed by atoms with Gasteiger partial charge in [-0.1, -0.05) is 68.3 Å². The zero-order chi connectivity index (χ0) is 25.0. The summed E-state index contributed by atoms with van der Waals surface area (Å²) in [5.41, 5.74) is 3.41. The first kappa shape index (κ1) is 24.8. The van der Waals surface area contributed by atoms with Gasteiger partial charge in [0.1, 0.15) is 12.1 Å².